The van der Waals surface area contributed by atoms with E-state index in [1.54, 1.807) is 25.1 Å². The van der Waals surface area contributed by atoms with E-state index in [0.29, 0.717) is 5.69 Å². The SMILES string of the molecule is CC[C@H](C(=O)Nc1cccc(Br)c1)N(c1ccc(F)cc1)S(C)(=O)=O. The number of nitrogens with one attached hydrogen (secondary N) is 1. The van der Waals surface area contributed by atoms with Crippen LogP contribution >= 0.6 is 15.9 Å². The number of nitrogens with zero attached hydrogens (tertiary/aromatic N) is 1. The quantitative estimate of drug-likeness (QED) is 0.761. The van der Waals surface area contributed by atoms with Gasteiger partial charge in [-0.25, -0.2) is 12.8 Å². The van der Waals surface area contributed by atoms with Gasteiger partial charge in [-0.3, -0.25) is 9.10 Å². The third-order valence-electron chi connectivity index (χ3n) is 3.50. The predicted molar refractivity (Wildman–Crippen MR) is 101 cm³/mol. The summed E-state index contributed by atoms with van der Waals surface area (Å²) in [6, 6.07) is 11.0. The number of carbonyl (C=O) groups excluding carboxylic acids is 1. The molecule has 0 saturated carbocycles. The van der Waals surface area contributed by atoms with Crippen LogP contribution in [0.15, 0.2) is 53.0 Å². The molecule has 2 aromatic rings. The summed E-state index contributed by atoms with van der Waals surface area (Å²) in [5.41, 5.74) is 0.783. The van der Waals surface area contributed by atoms with Crippen LogP contribution in [0.5, 0.6) is 0 Å². The molecule has 1 N–H and O–H groups in total. The lowest BCUT2D eigenvalue weighted by atomic mass is 10.2. The van der Waals surface area contributed by atoms with Crippen molar-refractivity contribution in [2.45, 2.75) is 19.4 Å². The van der Waals surface area contributed by atoms with Crippen molar-refractivity contribution in [2.24, 2.45) is 0 Å². The molecule has 1 amide bonds. The first kappa shape index (κ1) is 19.4. The molecule has 25 heavy (non-hydrogen) atoms. The second kappa shape index (κ2) is 7.97. The molecule has 0 aliphatic rings. The van der Waals surface area contributed by atoms with Crippen LogP contribution < -0.4 is 9.62 Å². The Morgan fingerprint density at radius 1 is 1.24 bits per heavy atom. The average Bonchev–Trinajstić information content (AvgIpc) is 2.52. The molecule has 5 nitrogen and oxygen atoms in total. The second-order valence-electron chi connectivity index (χ2n) is 5.46. The molecule has 134 valence electrons. The minimum Gasteiger partial charge on any atom is -0.324 e. The number of hydrogen-bond acceptors (Lipinski definition) is 3. The molecular formula is C17H18BrFN2O3S. The van der Waals surface area contributed by atoms with Gasteiger partial charge in [0.1, 0.15) is 11.9 Å². The van der Waals surface area contributed by atoms with Crippen LogP contribution in [0.3, 0.4) is 0 Å². The van der Waals surface area contributed by atoms with Crippen LogP contribution in [0, 0.1) is 5.82 Å². The molecule has 0 unspecified atom stereocenters. The van der Waals surface area contributed by atoms with E-state index >= 15 is 0 Å². The summed E-state index contributed by atoms with van der Waals surface area (Å²) in [6.45, 7) is 1.72. The molecule has 0 bridgehead atoms. The first-order valence-corrected chi connectivity index (χ1v) is 10.2. The summed E-state index contributed by atoms with van der Waals surface area (Å²) in [7, 11) is -3.75. The predicted octanol–water partition coefficient (Wildman–Crippen LogP) is 3.77. The van der Waals surface area contributed by atoms with Crippen LogP contribution in [0.4, 0.5) is 15.8 Å². The largest absolute Gasteiger partial charge is 0.324 e. The number of sulfonamides is 1. The molecule has 1 atom stereocenters. The number of halogens is 2. The number of rotatable bonds is 6. The zero-order valence-corrected chi connectivity index (χ0v) is 16.1. The standard InChI is InChI=1S/C17H18BrFN2O3S/c1-3-16(17(22)20-14-6-4-5-12(18)11-14)21(25(2,23)24)15-9-7-13(19)8-10-15/h4-11,16H,3H2,1-2H3,(H,20,22)/t16-/m1/s1. The van der Waals surface area contributed by atoms with Gasteiger partial charge in [0.15, 0.2) is 0 Å². The van der Waals surface area contributed by atoms with Crippen molar-refractivity contribution < 1.29 is 17.6 Å². The molecule has 2 aromatic carbocycles. The zero-order valence-electron chi connectivity index (χ0n) is 13.7. The summed E-state index contributed by atoms with van der Waals surface area (Å²) >= 11 is 3.32. The Balaban J connectivity index is 2.36. The summed E-state index contributed by atoms with van der Waals surface area (Å²) in [5.74, 6) is -0.945. The van der Waals surface area contributed by atoms with E-state index in [0.717, 1.165) is 27.2 Å². The van der Waals surface area contributed by atoms with E-state index in [2.05, 4.69) is 21.2 Å². The maximum atomic E-state index is 13.2. The van der Waals surface area contributed by atoms with E-state index in [1.165, 1.54) is 12.1 Å². The minimum absolute atomic E-state index is 0.236. The monoisotopic (exact) mass is 428 g/mol. The first-order valence-electron chi connectivity index (χ1n) is 7.53. The maximum absolute atomic E-state index is 13.2. The van der Waals surface area contributed by atoms with Crippen LogP contribution in [-0.2, 0) is 14.8 Å². The summed E-state index contributed by atoms with van der Waals surface area (Å²) < 4.78 is 39.5. The molecule has 0 spiro atoms. The average molecular weight is 429 g/mol. The Labute approximate surface area is 155 Å². The molecule has 0 aliphatic carbocycles. The Hall–Kier alpha value is -1.93. The molecule has 0 radical (unpaired) electrons. The third kappa shape index (κ3) is 5.02. The van der Waals surface area contributed by atoms with Crippen LogP contribution in [0.1, 0.15) is 13.3 Å². The topological polar surface area (TPSA) is 66.5 Å². The van der Waals surface area contributed by atoms with E-state index in [1.807, 2.05) is 6.07 Å². The van der Waals surface area contributed by atoms with Crippen molar-refractivity contribution in [3.8, 4) is 0 Å². The van der Waals surface area contributed by atoms with Gasteiger partial charge in [0.05, 0.1) is 11.9 Å². The van der Waals surface area contributed by atoms with E-state index in [9.17, 15) is 17.6 Å². The summed E-state index contributed by atoms with van der Waals surface area (Å²) in [6.07, 6.45) is 1.27. The van der Waals surface area contributed by atoms with Crippen molar-refractivity contribution in [3.63, 3.8) is 0 Å². The van der Waals surface area contributed by atoms with Gasteiger partial charge in [-0.1, -0.05) is 28.9 Å². The van der Waals surface area contributed by atoms with Crippen molar-refractivity contribution in [2.75, 3.05) is 15.9 Å². The van der Waals surface area contributed by atoms with Crippen LogP contribution in [-0.4, -0.2) is 26.6 Å². The van der Waals surface area contributed by atoms with Gasteiger partial charge in [-0.15, -0.1) is 0 Å². The van der Waals surface area contributed by atoms with Gasteiger partial charge in [0.25, 0.3) is 0 Å². The number of carbonyl (C=O) groups is 1. The highest BCUT2D eigenvalue weighted by molar-refractivity contribution is 9.10. The lowest BCUT2D eigenvalue weighted by molar-refractivity contribution is -0.117. The fraction of sp³-hybridized carbons (Fsp3) is 0.235. The summed E-state index contributed by atoms with van der Waals surface area (Å²) in [4.78, 5) is 12.7. The van der Waals surface area contributed by atoms with Crippen molar-refractivity contribution >= 4 is 43.2 Å². The smallest absolute Gasteiger partial charge is 0.248 e. The van der Waals surface area contributed by atoms with Gasteiger partial charge < -0.3 is 5.32 Å². The van der Waals surface area contributed by atoms with Gasteiger partial charge in [0, 0.05) is 10.2 Å². The molecule has 0 saturated heterocycles. The van der Waals surface area contributed by atoms with Crippen LogP contribution in [0.2, 0.25) is 0 Å². The second-order valence-corrected chi connectivity index (χ2v) is 8.23. The number of anilines is 2. The van der Waals surface area contributed by atoms with E-state index in [-0.39, 0.29) is 12.1 Å². The third-order valence-corrected chi connectivity index (χ3v) is 5.18. The fourth-order valence-corrected chi connectivity index (χ4v) is 4.05. The number of benzene rings is 2. The van der Waals surface area contributed by atoms with E-state index < -0.39 is 27.8 Å². The Kier molecular flexibility index (Phi) is 6.18. The van der Waals surface area contributed by atoms with Crippen molar-refractivity contribution in [1.82, 2.24) is 0 Å². The maximum Gasteiger partial charge on any atom is 0.248 e. The summed E-state index contributed by atoms with van der Waals surface area (Å²) in [5, 5.41) is 2.72. The zero-order chi connectivity index (χ0) is 18.6. The molecule has 0 heterocycles. The lowest BCUT2D eigenvalue weighted by Gasteiger charge is -2.30. The fourth-order valence-electron chi connectivity index (χ4n) is 2.44. The molecule has 2 rings (SSSR count). The highest BCUT2D eigenvalue weighted by atomic mass is 79.9. The van der Waals surface area contributed by atoms with E-state index in [4.69, 9.17) is 0 Å². The molecule has 8 heteroatoms. The first-order chi connectivity index (χ1) is 11.7. The van der Waals surface area contributed by atoms with Crippen molar-refractivity contribution in [1.29, 1.82) is 0 Å². The molecule has 0 fully saturated rings. The van der Waals surface area contributed by atoms with Gasteiger partial charge in [-0.2, -0.15) is 0 Å². The number of hydrogen-bond donors (Lipinski definition) is 1. The Morgan fingerprint density at radius 2 is 1.88 bits per heavy atom. The highest BCUT2D eigenvalue weighted by Gasteiger charge is 2.31. The molecular weight excluding hydrogens is 411 g/mol. The van der Waals surface area contributed by atoms with Crippen molar-refractivity contribution in [3.05, 3.63) is 58.8 Å². The van der Waals surface area contributed by atoms with Gasteiger partial charge in [-0.05, 0) is 48.9 Å². The Bertz CT molecular complexity index is 856. The van der Waals surface area contributed by atoms with Crippen LogP contribution in [0.25, 0.3) is 0 Å². The Morgan fingerprint density at radius 3 is 2.40 bits per heavy atom. The van der Waals surface area contributed by atoms with Gasteiger partial charge >= 0.3 is 0 Å². The number of amides is 1. The minimum atomic E-state index is -3.75. The molecule has 0 aliphatic heterocycles. The van der Waals surface area contributed by atoms with Gasteiger partial charge in [0.2, 0.25) is 15.9 Å². The normalized spacial score (nSPS) is 12.5. The lowest BCUT2D eigenvalue weighted by Crippen LogP contribution is -2.47. The highest BCUT2D eigenvalue weighted by Crippen LogP contribution is 2.24. The molecule has 0 aromatic heterocycles.